The third kappa shape index (κ3) is 1.95. The van der Waals surface area contributed by atoms with Crippen LogP contribution in [0.3, 0.4) is 0 Å². The lowest BCUT2D eigenvalue weighted by Crippen LogP contribution is -2.46. The van der Waals surface area contributed by atoms with Crippen molar-refractivity contribution in [2.45, 2.75) is 43.9 Å². The predicted octanol–water partition coefficient (Wildman–Crippen LogP) is 3.42. The van der Waals surface area contributed by atoms with E-state index in [4.69, 9.17) is 4.74 Å². The number of fused-ring (bicyclic) bond motifs is 3. The molecule has 3 aliphatic rings. The Bertz CT molecular complexity index is 459. The maximum absolute atomic E-state index is 13.6. The van der Waals surface area contributed by atoms with Gasteiger partial charge in [0.05, 0.1) is 7.11 Å². The van der Waals surface area contributed by atoms with E-state index in [9.17, 15) is 9.50 Å². The topological polar surface area (TPSA) is 29.5 Å². The molecule has 19 heavy (non-hydrogen) atoms. The number of rotatable bonds is 3. The van der Waals surface area contributed by atoms with Crippen LogP contribution in [0.2, 0.25) is 0 Å². The minimum Gasteiger partial charge on any atom is -0.496 e. The first-order valence-electron chi connectivity index (χ1n) is 7.08. The molecule has 1 aromatic rings. The van der Waals surface area contributed by atoms with Gasteiger partial charge in [-0.05, 0) is 67.6 Å². The first kappa shape index (κ1) is 12.9. The Morgan fingerprint density at radius 1 is 1.16 bits per heavy atom. The van der Waals surface area contributed by atoms with Crippen molar-refractivity contribution in [2.24, 2.45) is 5.41 Å². The van der Waals surface area contributed by atoms with E-state index in [1.807, 2.05) is 0 Å². The molecule has 2 bridgehead atoms. The lowest BCUT2D eigenvalue weighted by molar-refractivity contribution is -0.00764. The van der Waals surface area contributed by atoms with Crippen molar-refractivity contribution in [2.75, 3.05) is 13.7 Å². The molecule has 0 radical (unpaired) electrons. The van der Waals surface area contributed by atoms with Crippen LogP contribution in [0.4, 0.5) is 4.39 Å². The highest BCUT2D eigenvalue weighted by Crippen LogP contribution is 2.58. The average Bonchev–Trinajstić information content (AvgIpc) is 2.49. The zero-order valence-electron chi connectivity index (χ0n) is 11.4. The number of methoxy groups -OCH3 is 1. The maximum atomic E-state index is 13.6. The fourth-order valence-electron chi connectivity index (χ4n) is 4.00. The van der Waals surface area contributed by atoms with Gasteiger partial charge in [-0.1, -0.05) is 0 Å². The summed E-state index contributed by atoms with van der Waals surface area (Å²) in [6.07, 6.45) is 6.24. The van der Waals surface area contributed by atoms with E-state index in [0.29, 0.717) is 6.61 Å². The highest BCUT2D eigenvalue weighted by atomic mass is 19.1. The van der Waals surface area contributed by atoms with Crippen LogP contribution in [0.1, 0.15) is 44.1 Å². The Morgan fingerprint density at radius 2 is 1.79 bits per heavy atom. The quantitative estimate of drug-likeness (QED) is 0.906. The Morgan fingerprint density at radius 3 is 2.32 bits per heavy atom. The number of ether oxygens (including phenoxy) is 1. The number of halogens is 1. The fourth-order valence-corrected chi connectivity index (χ4v) is 4.00. The van der Waals surface area contributed by atoms with E-state index in [2.05, 4.69) is 0 Å². The van der Waals surface area contributed by atoms with Crippen LogP contribution in [0.25, 0.3) is 0 Å². The van der Waals surface area contributed by atoms with Gasteiger partial charge in [-0.3, -0.25) is 0 Å². The molecular formula is C16H21FO2. The van der Waals surface area contributed by atoms with Gasteiger partial charge in [0.1, 0.15) is 11.6 Å². The van der Waals surface area contributed by atoms with Crippen LogP contribution in [0, 0.1) is 11.2 Å². The lowest BCUT2D eigenvalue weighted by atomic mass is 9.52. The summed E-state index contributed by atoms with van der Waals surface area (Å²) in [5.74, 6) is 0.620. The Labute approximate surface area is 113 Å². The summed E-state index contributed by atoms with van der Waals surface area (Å²) in [6.45, 7) is 0.295. The average molecular weight is 264 g/mol. The molecule has 0 atom stereocenters. The minimum absolute atomic E-state index is 0.0599. The van der Waals surface area contributed by atoms with Crippen LogP contribution in [-0.4, -0.2) is 18.8 Å². The smallest absolute Gasteiger partial charge is 0.123 e. The Hall–Kier alpha value is -1.09. The van der Waals surface area contributed by atoms with Gasteiger partial charge in [-0.15, -0.1) is 0 Å². The minimum atomic E-state index is -0.185. The van der Waals surface area contributed by atoms with Gasteiger partial charge >= 0.3 is 0 Å². The largest absolute Gasteiger partial charge is 0.496 e. The second-order valence-electron chi connectivity index (χ2n) is 6.28. The van der Waals surface area contributed by atoms with Gasteiger partial charge in [-0.2, -0.15) is 0 Å². The third-order valence-corrected chi connectivity index (χ3v) is 5.47. The molecule has 1 aromatic carbocycles. The van der Waals surface area contributed by atoms with Gasteiger partial charge in [0, 0.05) is 12.2 Å². The second kappa shape index (κ2) is 4.48. The van der Waals surface area contributed by atoms with Crippen molar-refractivity contribution in [1.29, 1.82) is 0 Å². The summed E-state index contributed by atoms with van der Waals surface area (Å²) in [6, 6.07) is 4.85. The first-order chi connectivity index (χ1) is 9.13. The maximum Gasteiger partial charge on any atom is 0.123 e. The van der Waals surface area contributed by atoms with E-state index < -0.39 is 0 Å². The molecule has 0 heterocycles. The van der Waals surface area contributed by atoms with Gasteiger partial charge in [0.15, 0.2) is 0 Å². The molecule has 104 valence electrons. The fraction of sp³-hybridized carbons (Fsp3) is 0.625. The van der Waals surface area contributed by atoms with Crippen LogP contribution in [-0.2, 0) is 5.41 Å². The molecule has 0 unspecified atom stereocenters. The van der Waals surface area contributed by atoms with Crippen LogP contribution >= 0.6 is 0 Å². The number of hydrogen-bond donors (Lipinski definition) is 1. The molecule has 4 rings (SSSR count). The van der Waals surface area contributed by atoms with Crippen molar-refractivity contribution >= 4 is 0 Å². The van der Waals surface area contributed by atoms with E-state index in [0.717, 1.165) is 49.8 Å². The predicted molar refractivity (Wildman–Crippen MR) is 71.9 cm³/mol. The van der Waals surface area contributed by atoms with Gasteiger partial charge in [0.25, 0.3) is 0 Å². The van der Waals surface area contributed by atoms with Gasteiger partial charge in [-0.25, -0.2) is 4.39 Å². The summed E-state index contributed by atoms with van der Waals surface area (Å²) < 4.78 is 19.0. The van der Waals surface area contributed by atoms with E-state index in [1.165, 1.54) is 6.07 Å². The number of aliphatic hydroxyl groups excluding tert-OH is 1. The second-order valence-corrected chi connectivity index (χ2v) is 6.28. The van der Waals surface area contributed by atoms with Crippen LogP contribution < -0.4 is 4.74 Å². The zero-order chi connectivity index (χ0) is 13.5. The molecule has 3 aliphatic carbocycles. The molecule has 0 aliphatic heterocycles. The van der Waals surface area contributed by atoms with E-state index in [-0.39, 0.29) is 16.6 Å². The van der Waals surface area contributed by atoms with Crippen LogP contribution in [0.5, 0.6) is 5.75 Å². The lowest BCUT2D eigenvalue weighted by Gasteiger charge is -2.53. The van der Waals surface area contributed by atoms with Gasteiger partial charge in [0.2, 0.25) is 0 Å². The SMILES string of the molecule is COc1ccc(F)cc1C12CCC(CO)(CC1)CC2. The standard InChI is InChI=1S/C16H21FO2/c1-19-14-3-2-12(17)10-13(14)16-7-4-15(11-18,5-8-16)6-9-16/h2-3,10,18H,4-9,11H2,1H3. The normalized spacial score (nSPS) is 33.4. The number of hydrogen-bond acceptors (Lipinski definition) is 2. The third-order valence-electron chi connectivity index (χ3n) is 5.47. The van der Waals surface area contributed by atoms with Gasteiger partial charge < -0.3 is 9.84 Å². The summed E-state index contributed by atoms with van der Waals surface area (Å²) in [5.41, 5.74) is 1.23. The molecule has 0 spiro atoms. The zero-order valence-corrected chi connectivity index (χ0v) is 11.4. The molecule has 0 aromatic heterocycles. The molecule has 0 saturated heterocycles. The summed E-state index contributed by atoms with van der Waals surface area (Å²) >= 11 is 0. The Kier molecular flexibility index (Phi) is 3.05. The molecule has 3 fully saturated rings. The van der Waals surface area contributed by atoms with Crippen molar-refractivity contribution in [3.05, 3.63) is 29.6 Å². The van der Waals surface area contributed by atoms with E-state index >= 15 is 0 Å². The molecule has 3 saturated carbocycles. The first-order valence-corrected chi connectivity index (χ1v) is 7.08. The summed E-state index contributed by atoms with van der Waals surface area (Å²) in [7, 11) is 1.65. The monoisotopic (exact) mass is 264 g/mol. The van der Waals surface area contributed by atoms with Crippen molar-refractivity contribution in [3.63, 3.8) is 0 Å². The Balaban J connectivity index is 1.97. The van der Waals surface area contributed by atoms with Crippen molar-refractivity contribution < 1.29 is 14.2 Å². The molecule has 0 amide bonds. The van der Waals surface area contributed by atoms with E-state index in [1.54, 1.807) is 19.2 Å². The highest BCUT2D eigenvalue weighted by Gasteiger charge is 2.49. The van der Waals surface area contributed by atoms with Crippen LogP contribution in [0.15, 0.2) is 18.2 Å². The number of benzene rings is 1. The molecular weight excluding hydrogens is 243 g/mol. The number of aliphatic hydroxyl groups is 1. The summed E-state index contributed by atoms with van der Waals surface area (Å²) in [5, 5.41) is 9.58. The van der Waals surface area contributed by atoms with Crippen molar-refractivity contribution in [3.8, 4) is 5.75 Å². The molecule has 3 heteroatoms. The highest BCUT2D eigenvalue weighted by molar-refractivity contribution is 5.41. The van der Waals surface area contributed by atoms with Crippen molar-refractivity contribution in [1.82, 2.24) is 0 Å². The molecule has 1 N–H and O–H groups in total. The summed E-state index contributed by atoms with van der Waals surface area (Å²) in [4.78, 5) is 0. The molecule has 2 nitrogen and oxygen atoms in total.